The Kier molecular flexibility index (Phi) is 50.4. The number of hydrogen-bond donors (Lipinski definition) is 4. The van der Waals surface area contributed by atoms with Crippen LogP contribution in [-0.2, 0) is 4.79 Å². The summed E-state index contributed by atoms with van der Waals surface area (Å²) in [6, 6.07) is -0.654. The smallest absolute Gasteiger partial charge is 0.222 e. The van der Waals surface area contributed by atoms with Gasteiger partial charge >= 0.3 is 0 Å². The summed E-state index contributed by atoms with van der Waals surface area (Å²) < 4.78 is 0. The fourth-order valence-electron chi connectivity index (χ4n) is 9.17. The van der Waals surface area contributed by atoms with Crippen molar-refractivity contribution in [2.75, 3.05) is 6.61 Å². The van der Waals surface area contributed by atoms with Crippen LogP contribution in [0.5, 0.6) is 0 Å². The Bertz CT molecular complexity index is 807. The van der Waals surface area contributed by atoms with Crippen LogP contribution >= 0.6 is 0 Å². The number of hydrogen-bond acceptors (Lipinski definition) is 4. The Morgan fingerprint density at radius 2 is 0.567 bits per heavy atom. The lowest BCUT2D eigenvalue weighted by molar-refractivity contribution is -0.125. The van der Waals surface area contributed by atoms with Crippen molar-refractivity contribution >= 4 is 5.91 Å². The van der Waals surface area contributed by atoms with Gasteiger partial charge in [-0.2, -0.15) is 0 Å². The number of carbonyl (C=O) groups excluding carboxylic acids is 1. The van der Waals surface area contributed by atoms with Crippen LogP contribution < -0.4 is 5.32 Å². The summed E-state index contributed by atoms with van der Waals surface area (Å²) in [5, 5.41) is 33.6. The van der Waals surface area contributed by atoms with Crippen molar-refractivity contribution in [3.8, 4) is 0 Å². The van der Waals surface area contributed by atoms with Crippen LogP contribution in [0.4, 0.5) is 0 Å². The molecule has 60 heavy (non-hydrogen) atoms. The van der Waals surface area contributed by atoms with Crippen molar-refractivity contribution in [2.24, 2.45) is 0 Å². The van der Waals surface area contributed by atoms with E-state index < -0.39 is 18.2 Å². The predicted molar refractivity (Wildman–Crippen MR) is 264 cm³/mol. The molecule has 0 fully saturated rings. The lowest BCUT2D eigenvalue weighted by Crippen LogP contribution is -2.46. The highest BCUT2D eigenvalue weighted by Gasteiger charge is 2.21. The van der Waals surface area contributed by atoms with Crippen molar-refractivity contribution in [3.63, 3.8) is 0 Å². The van der Waals surface area contributed by atoms with Crippen LogP contribution in [-0.4, -0.2) is 46.1 Å². The maximum absolute atomic E-state index is 12.5. The van der Waals surface area contributed by atoms with Gasteiger partial charge in [0.05, 0.1) is 31.3 Å². The topological polar surface area (TPSA) is 89.8 Å². The molecule has 0 rings (SSSR count). The average molecular weight is 850 g/mol. The minimum Gasteiger partial charge on any atom is -0.394 e. The summed E-state index contributed by atoms with van der Waals surface area (Å²) in [7, 11) is 0. The van der Waals surface area contributed by atoms with Crippen LogP contribution in [0.25, 0.3) is 0 Å². The molecule has 0 aromatic rings. The van der Waals surface area contributed by atoms with Crippen molar-refractivity contribution < 1.29 is 20.1 Å². The second-order valence-corrected chi connectivity index (χ2v) is 19.6. The van der Waals surface area contributed by atoms with Crippen molar-refractivity contribution in [2.45, 2.75) is 340 Å². The molecule has 0 bridgehead atoms. The zero-order valence-electron chi connectivity index (χ0n) is 41.1. The highest BCUT2D eigenvalue weighted by molar-refractivity contribution is 5.76. The first kappa shape index (κ1) is 59.4. The van der Waals surface area contributed by atoms with Crippen LogP contribution in [0.1, 0.15) is 322 Å². The Balaban J connectivity index is 3.50. The first-order valence-electron chi connectivity index (χ1n) is 27.8. The van der Waals surface area contributed by atoms with E-state index in [1.165, 1.54) is 263 Å². The standard InChI is InChI=1S/C55H111NO4/c1-3-5-7-9-11-13-15-17-19-21-23-25-27-28-30-32-34-36-38-40-42-44-46-48-52(58)50-55(60)56-53(51-57)54(59)49-47-45-43-41-39-37-35-33-31-29-26-24-22-20-18-16-14-12-10-8-6-4-2/h52-54,57-59H,3-51H2,1-2H3,(H,56,60). The first-order valence-corrected chi connectivity index (χ1v) is 27.8. The Hall–Kier alpha value is -0.650. The minimum absolute atomic E-state index is 0.0436. The first-order chi connectivity index (χ1) is 29.5. The molecule has 0 radical (unpaired) electrons. The van der Waals surface area contributed by atoms with Gasteiger partial charge in [-0.3, -0.25) is 4.79 Å². The number of aliphatic hydroxyl groups excluding tert-OH is 3. The van der Waals surface area contributed by atoms with E-state index in [0.29, 0.717) is 12.8 Å². The Labute approximate surface area is 377 Å². The number of nitrogens with one attached hydrogen (secondary N) is 1. The molecule has 0 saturated carbocycles. The summed E-state index contributed by atoms with van der Waals surface area (Å²) in [5.41, 5.74) is 0. The molecule has 0 spiro atoms. The minimum atomic E-state index is -0.745. The maximum atomic E-state index is 12.5. The van der Waals surface area contributed by atoms with Gasteiger partial charge in [-0.25, -0.2) is 0 Å². The van der Waals surface area contributed by atoms with E-state index in [-0.39, 0.29) is 18.9 Å². The molecule has 3 unspecified atom stereocenters. The van der Waals surface area contributed by atoms with E-state index in [9.17, 15) is 20.1 Å². The van der Waals surface area contributed by atoms with Gasteiger partial charge in [0.1, 0.15) is 0 Å². The fourth-order valence-corrected chi connectivity index (χ4v) is 9.17. The predicted octanol–water partition coefficient (Wildman–Crippen LogP) is 16.9. The quantitative estimate of drug-likeness (QED) is 0.0459. The normalized spacial score (nSPS) is 13.2. The van der Waals surface area contributed by atoms with Gasteiger partial charge in [-0.1, -0.05) is 303 Å². The number of rotatable bonds is 52. The number of carbonyl (C=O) groups is 1. The molecule has 5 heteroatoms. The van der Waals surface area contributed by atoms with E-state index in [2.05, 4.69) is 19.2 Å². The molecular formula is C55H111NO4. The van der Waals surface area contributed by atoms with Crippen molar-refractivity contribution in [3.05, 3.63) is 0 Å². The van der Waals surface area contributed by atoms with Gasteiger partial charge in [0.15, 0.2) is 0 Å². The average Bonchev–Trinajstić information content (AvgIpc) is 3.24. The highest BCUT2D eigenvalue weighted by atomic mass is 16.3. The zero-order valence-corrected chi connectivity index (χ0v) is 41.1. The summed E-state index contributed by atoms with van der Waals surface area (Å²) in [6.07, 6.45) is 61.1. The third-order valence-corrected chi connectivity index (χ3v) is 13.4. The molecular weight excluding hydrogens is 739 g/mol. The third-order valence-electron chi connectivity index (χ3n) is 13.4. The summed E-state index contributed by atoms with van der Waals surface area (Å²) in [4.78, 5) is 12.5. The van der Waals surface area contributed by atoms with Crippen LogP contribution in [0, 0.1) is 0 Å². The molecule has 5 nitrogen and oxygen atoms in total. The lowest BCUT2D eigenvalue weighted by Gasteiger charge is -2.23. The second kappa shape index (κ2) is 51.0. The number of unbranched alkanes of at least 4 members (excludes halogenated alkanes) is 43. The molecule has 1 amide bonds. The van der Waals surface area contributed by atoms with E-state index in [1.807, 2.05) is 0 Å². The zero-order chi connectivity index (χ0) is 43.7. The van der Waals surface area contributed by atoms with Gasteiger partial charge in [0, 0.05) is 0 Å². The molecule has 360 valence electrons. The van der Waals surface area contributed by atoms with E-state index in [1.54, 1.807) is 0 Å². The number of aliphatic hydroxyl groups is 3. The molecule has 0 aromatic carbocycles. The summed E-state index contributed by atoms with van der Waals surface area (Å²) >= 11 is 0. The fraction of sp³-hybridized carbons (Fsp3) is 0.982. The van der Waals surface area contributed by atoms with Crippen molar-refractivity contribution in [1.29, 1.82) is 0 Å². The van der Waals surface area contributed by atoms with E-state index in [4.69, 9.17) is 0 Å². The van der Waals surface area contributed by atoms with E-state index in [0.717, 1.165) is 25.7 Å². The van der Waals surface area contributed by atoms with Gasteiger partial charge in [-0.05, 0) is 12.8 Å². The molecule has 0 aliphatic heterocycles. The van der Waals surface area contributed by atoms with Gasteiger partial charge < -0.3 is 20.6 Å². The Morgan fingerprint density at radius 3 is 0.800 bits per heavy atom. The monoisotopic (exact) mass is 850 g/mol. The molecule has 4 N–H and O–H groups in total. The molecule has 3 atom stereocenters. The summed E-state index contributed by atoms with van der Waals surface area (Å²) in [6.45, 7) is 4.31. The van der Waals surface area contributed by atoms with E-state index >= 15 is 0 Å². The second-order valence-electron chi connectivity index (χ2n) is 19.6. The van der Waals surface area contributed by atoms with Crippen LogP contribution in [0.3, 0.4) is 0 Å². The SMILES string of the molecule is CCCCCCCCCCCCCCCCCCCCCCCCCC(O)CC(=O)NC(CO)C(O)CCCCCCCCCCCCCCCCCCCCCCCC. The number of amides is 1. The lowest BCUT2D eigenvalue weighted by atomic mass is 10.0. The largest absolute Gasteiger partial charge is 0.394 e. The molecule has 0 heterocycles. The third kappa shape index (κ3) is 46.8. The van der Waals surface area contributed by atoms with Crippen LogP contribution in [0.2, 0.25) is 0 Å². The van der Waals surface area contributed by atoms with Gasteiger partial charge in [0.25, 0.3) is 0 Å². The molecule has 0 aromatic heterocycles. The molecule has 0 saturated heterocycles. The Morgan fingerprint density at radius 1 is 0.350 bits per heavy atom. The molecule has 0 aliphatic carbocycles. The van der Waals surface area contributed by atoms with Crippen molar-refractivity contribution in [1.82, 2.24) is 5.32 Å². The summed E-state index contributed by atoms with van der Waals surface area (Å²) in [5.74, 6) is -0.274. The maximum Gasteiger partial charge on any atom is 0.222 e. The van der Waals surface area contributed by atoms with Crippen LogP contribution in [0.15, 0.2) is 0 Å². The highest BCUT2D eigenvalue weighted by Crippen LogP contribution is 2.18. The molecule has 0 aliphatic rings. The van der Waals surface area contributed by atoms with Gasteiger partial charge in [0.2, 0.25) is 5.91 Å². The van der Waals surface area contributed by atoms with Gasteiger partial charge in [-0.15, -0.1) is 0 Å².